The van der Waals surface area contributed by atoms with Crippen LogP contribution in [0.5, 0.6) is 0 Å². The minimum absolute atomic E-state index is 0.0949. The fourth-order valence-corrected chi connectivity index (χ4v) is 3.50. The van der Waals surface area contributed by atoms with Gasteiger partial charge in [-0.2, -0.15) is 4.98 Å². The quantitative estimate of drug-likeness (QED) is 0.912. The van der Waals surface area contributed by atoms with Crippen molar-refractivity contribution in [3.8, 4) is 0 Å². The largest absolute Gasteiger partial charge is 0.338 e. The van der Waals surface area contributed by atoms with Crippen molar-refractivity contribution in [1.82, 2.24) is 25.3 Å². The molecule has 7 heteroatoms. The summed E-state index contributed by atoms with van der Waals surface area (Å²) in [7, 11) is 0. The Morgan fingerprint density at radius 1 is 1.23 bits per heavy atom. The molecule has 1 aromatic heterocycles. The smallest absolute Gasteiger partial charge is 0.317 e. The fourth-order valence-electron chi connectivity index (χ4n) is 3.50. The van der Waals surface area contributed by atoms with E-state index in [-0.39, 0.29) is 12.1 Å². The first-order valence-electron chi connectivity index (χ1n) is 8.34. The molecule has 1 aromatic rings. The first-order valence-corrected chi connectivity index (χ1v) is 8.34. The number of urea groups is 1. The van der Waals surface area contributed by atoms with Gasteiger partial charge in [-0.25, -0.2) is 4.79 Å². The molecule has 2 amide bonds. The number of aromatic nitrogens is 2. The number of nitrogens with one attached hydrogen (secondary N) is 1. The standard InChI is InChI=1S/C15H23N5O2/c1-10(14-17-13(18-22-14)11-2-3-11)19-7-4-12(5-8-19)20-9-6-16-15(20)21/h10-12H,2-9H2,1H3,(H,16,21). The lowest BCUT2D eigenvalue weighted by molar-refractivity contribution is 0.0981. The number of amides is 2. The molecular weight excluding hydrogens is 282 g/mol. The van der Waals surface area contributed by atoms with Crippen LogP contribution in [0.15, 0.2) is 4.52 Å². The zero-order valence-electron chi connectivity index (χ0n) is 13.0. The van der Waals surface area contributed by atoms with E-state index in [9.17, 15) is 4.79 Å². The third kappa shape index (κ3) is 2.58. The topological polar surface area (TPSA) is 74.5 Å². The van der Waals surface area contributed by atoms with Crippen LogP contribution < -0.4 is 5.32 Å². The Bertz CT molecular complexity index is 548. The van der Waals surface area contributed by atoms with E-state index in [1.807, 2.05) is 4.90 Å². The Balaban J connectivity index is 1.35. The van der Waals surface area contributed by atoms with Gasteiger partial charge in [0.15, 0.2) is 5.82 Å². The van der Waals surface area contributed by atoms with Crippen molar-refractivity contribution in [3.63, 3.8) is 0 Å². The summed E-state index contributed by atoms with van der Waals surface area (Å²) in [5.74, 6) is 2.15. The van der Waals surface area contributed by atoms with Crippen LogP contribution in [-0.2, 0) is 0 Å². The maximum absolute atomic E-state index is 11.8. The van der Waals surface area contributed by atoms with Gasteiger partial charge >= 0.3 is 6.03 Å². The molecule has 1 unspecified atom stereocenters. The molecule has 2 saturated heterocycles. The van der Waals surface area contributed by atoms with E-state index in [2.05, 4.69) is 27.3 Å². The molecule has 1 saturated carbocycles. The van der Waals surface area contributed by atoms with Gasteiger partial charge in [0.05, 0.1) is 6.04 Å². The molecule has 0 spiro atoms. The Morgan fingerprint density at radius 3 is 2.64 bits per heavy atom. The summed E-state index contributed by atoms with van der Waals surface area (Å²) in [6, 6.07) is 0.626. The number of carbonyl (C=O) groups is 1. The summed E-state index contributed by atoms with van der Waals surface area (Å²) in [6.45, 7) is 5.69. The van der Waals surface area contributed by atoms with Crippen LogP contribution in [0.3, 0.4) is 0 Å². The van der Waals surface area contributed by atoms with Crippen molar-refractivity contribution in [3.05, 3.63) is 11.7 Å². The number of hydrogen-bond donors (Lipinski definition) is 1. The minimum Gasteiger partial charge on any atom is -0.338 e. The SMILES string of the molecule is CC(c1nc(C2CC2)no1)N1CCC(N2CCNC2=O)CC1. The predicted molar refractivity (Wildman–Crippen MR) is 79.4 cm³/mol. The van der Waals surface area contributed by atoms with E-state index in [0.717, 1.165) is 50.7 Å². The van der Waals surface area contributed by atoms with E-state index in [0.29, 0.717) is 12.0 Å². The van der Waals surface area contributed by atoms with Gasteiger partial charge in [0.1, 0.15) is 0 Å². The molecule has 3 aliphatic rings. The average Bonchev–Trinajstić information content (AvgIpc) is 3.12. The number of carbonyl (C=O) groups excluding carboxylic acids is 1. The Kier molecular flexibility index (Phi) is 3.52. The maximum atomic E-state index is 11.8. The van der Waals surface area contributed by atoms with Crippen LogP contribution in [0, 0.1) is 0 Å². The Labute approximate surface area is 130 Å². The summed E-state index contributed by atoms with van der Waals surface area (Å²) < 4.78 is 5.45. The highest BCUT2D eigenvalue weighted by atomic mass is 16.5. The van der Waals surface area contributed by atoms with E-state index < -0.39 is 0 Å². The van der Waals surface area contributed by atoms with Gasteiger partial charge < -0.3 is 14.7 Å². The normalized spacial score (nSPS) is 25.5. The lowest BCUT2D eigenvalue weighted by Crippen LogP contribution is -2.46. The van der Waals surface area contributed by atoms with Crippen molar-refractivity contribution < 1.29 is 9.32 Å². The predicted octanol–water partition coefficient (Wildman–Crippen LogP) is 1.50. The monoisotopic (exact) mass is 305 g/mol. The summed E-state index contributed by atoms with van der Waals surface area (Å²) in [5, 5.41) is 6.99. The molecule has 0 radical (unpaired) electrons. The van der Waals surface area contributed by atoms with Crippen molar-refractivity contribution in [2.75, 3.05) is 26.2 Å². The molecule has 2 aliphatic heterocycles. The fraction of sp³-hybridized carbons (Fsp3) is 0.800. The third-order valence-corrected chi connectivity index (χ3v) is 5.13. The van der Waals surface area contributed by atoms with Gasteiger partial charge in [0.2, 0.25) is 5.89 Å². The number of rotatable bonds is 4. The van der Waals surface area contributed by atoms with Crippen molar-refractivity contribution >= 4 is 6.03 Å². The van der Waals surface area contributed by atoms with E-state index >= 15 is 0 Å². The van der Waals surface area contributed by atoms with Gasteiger partial charge in [0.25, 0.3) is 0 Å². The van der Waals surface area contributed by atoms with Gasteiger partial charge in [0, 0.05) is 38.1 Å². The molecule has 1 N–H and O–H groups in total. The first-order chi connectivity index (χ1) is 10.7. The second-order valence-corrected chi connectivity index (χ2v) is 6.63. The molecule has 22 heavy (non-hydrogen) atoms. The average molecular weight is 305 g/mol. The zero-order valence-corrected chi connectivity index (χ0v) is 13.0. The molecule has 0 aromatic carbocycles. The van der Waals surface area contributed by atoms with E-state index in [1.165, 1.54) is 12.8 Å². The highest BCUT2D eigenvalue weighted by molar-refractivity contribution is 5.76. The second kappa shape index (κ2) is 5.53. The molecule has 3 heterocycles. The first kappa shape index (κ1) is 14.0. The van der Waals surface area contributed by atoms with E-state index in [4.69, 9.17) is 4.52 Å². The summed E-state index contributed by atoms with van der Waals surface area (Å²) in [6.07, 6.45) is 4.41. The van der Waals surface area contributed by atoms with Crippen LogP contribution in [-0.4, -0.2) is 58.2 Å². The molecular formula is C15H23N5O2. The van der Waals surface area contributed by atoms with Crippen LogP contribution in [0.25, 0.3) is 0 Å². The number of nitrogens with zero attached hydrogens (tertiary/aromatic N) is 4. The lowest BCUT2D eigenvalue weighted by Gasteiger charge is -2.37. The third-order valence-electron chi connectivity index (χ3n) is 5.13. The summed E-state index contributed by atoms with van der Waals surface area (Å²) in [4.78, 5) is 20.7. The van der Waals surface area contributed by atoms with Crippen LogP contribution in [0.4, 0.5) is 4.79 Å². The summed E-state index contributed by atoms with van der Waals surface area (Å²) >= 11 is 0. The molecule has 3 fully saturated rings. The second-order valence-electron chi connectivity index (χ2n) is 6.63. The van der Waals surface area contributed by atoms with Gasteiger partial charge in [-0.1, -0.05) is 5.16 Å². The highest BCUT2D eigenvalue weighted by Gasteiger charge is 2.34. The van der Waals surface area contributed by atoms with Crippen molar-refractivity contribution in [1.29, 1.82) is 0 Å². The number of piperidine rings is 1. The number of likely N-dealkylation sites (tertiary alicyclic amines) is 1. The lowest BCUT2D eigenvalue weighted by atomic mass is 10.0. The number of hydrogen-bond acceptors (Lipinski definition) is 5. The molecule has 7 nitrogen and oxygen atoms in total. The maximum Gasteiger partial charge on any atom is 0.317 e. The minimum atomic E-state index is 0.0949. The Morgan fingerprint density at radius 2 is 2.00 bits per heavy atom. The molecule has 1 atom stereocenters. The Hall–Kier alpha value is -1.63. The van der Waals surface area contributed by atoms with Crippen LogP contribution in [0.1, 0.15) is 56.3 Å². The highest BCUT2D eigenvalue weighted by Crippen LogP contribution is 2.38. The van der Waals surface area contributed by atoms with Crippen molar-refractivity contribution in [2.24, 2.45) is 0 Å². The summed E-state index contributed by atoms with van der Waals surface area (Å²) in [5.41, 5.74) is 0. The molecule has 120 valence electrons. The van der Waals surface area contributed by atoms with Gasteiger partial charge in [-0.15, -0.1) is 0 Å². The van der Waals surface area contributed by atoms with Gasteiger partial charge in [-0.05, 0) is 32.6 Å². The van der Waals surface area contributed by atoms with Crippen LogP contribution >= 0.6 is 0 Å². The van der Waals surface area contributed by atoms with E-state index in [1.54, 1.807) is 0 Å². The van der Waals surface area contributed by atoms with Crippen LogP contribution in [0.2, 0.25) is 0 Å². The molecule has 0 bridgehead atoms. The van der Waals surface area contributed by atoms with Crippen molar-refractivity contribution in [2.45, 2.75) is 50.6 Å². The molecule has 1 aliphatic carbocycles. The zero-order chi connectivity index (χ0) is 15.1. The van der Waals surface area contributed by atoms with Gasteiger partial charge in [-0.3, -0.25) is 4.90 Å². The molecule has 4 rings (SSSR count).